The number of carbonyl (C=O) groups is 3. The molecule has 3 aliphatic heterocycles. The van der Waals surface area contributed by atoms with Gasteiger partial charge in [-0.2, -0.15) is 0 Å². The number of hydrogen-bond acceptors (Lipinski definition) is 5. The van der Waals surface area contributed by atoms with Crippen molar-refractivity contribution in [1.29, 1.82) is 0 Å². The molecule has 2 amide bonds. The summed E-state index contributed by atoms with van der Waals surface area (Å²) in [5, 5.41) is 21.3. The number of nitrogens with zero attached hydrogens (tertiary/aromatic N) is 2. The number of carboxylic acids is 1. The first-order valence-corrected chi connectivity index (χ1v) is 14.4. The first-order chi connectivity index (χ1) is 18.6. The van der Waals surface area contributed by atoms with Crippen LogP contribution in [0.2, 0.25) is 5.02 Å². The smallest absolute Gasteiger partial charge is 0.308 e. The number of amides is 2. The molecule has 3 heterocycles. The molecule has 5 rings (SSSR count). The maximum atomic E-state index is 14.8. The highest BCUT2D eigenvalue weighted by atomic mass is 35.5. The highest BCUT2D eigenvalue weighted by Crippen LogP contribution is 2.71. The second-order valence-electron chi connectivity index (χ2n) is 11.0. The molecule has 0 radical (unpaired) electrons. The number of aryl methyl sites for hydroxylation is 1. The van der Waals surface area contributed by atoms with E-state index in [-0.39, 0.29) is 25.0 Å². The Morgan fingerprint density at radius 3 is 2.56 bits per heavy atom. The van der Waals surface area contributed by atoms with Crippen molar-refractivity contribution >= 4 is 46.8 Å². The Labute approximate surface area is 237 Å². The van der Waals surface area contributed by atoms with Crippen molar-refractivity contribution in [3.05, 3.63) is 77.3 Å². The molecule has 2 aromatic rings. The van der Waals surface area contributed by atoms with E-state index in [0.717, 1.165) is 11.1 Å². The van der Waals surface area contributed by atoms with E-state index < -0.39 is 39.4 Å². The van der Waals surface area contributed by atoms with E-state index in [1.54, 1.807) is 17.0 Å². The summed E-state index contributed by atoms with van der Waals surface area (Å²) in [5.74, 6) is -3.52. The number of anilines is 1. The van der Waals surface area contributed by atoms with Gasteiger partial charge in [0.05, 0.1) is 39.9 Å². The van der Waals surface area contributed by atoms with Gasteiger partial charge < -0.3 is 20.0 Å². The molecule has 2 unspecified atom stereocenters. The van der Waals surface area contributed by atoms with Gasteiger partial charge in [-0.25, -0.2) is 0 Å². The molecule has 3 fully saturated rings. The molecule has 3 saturated heterocycles. The lowest BCUT2D eigenvalue weighted by molar-refractivity contribution is -0.150. The molecule has 0 saturated carbocycles. The van der Waals surface area contributed by atoms with Gasteiger partial charge in [-0.3, -0.25) is 14.4 Å². The van der Waals surface area contributed by atoms with Gasteiger partial charge in [0.15, 0.2) is 0 Å². The number of aliphatic hydroxyl groups is 1. The second-order valence-corrected chi connectivity index (χ2v) is 13.3. The number of aliphatic carboxylic acids is 1. The lowest BCUT2D eigenvalue weighted by Crippen LogP contribution is -2.58. The SMILES string of the molecule is C=CCN(C(=O)C1N([C@@H](CO)Cc2ccccc2)C(=O)[C@@H]2[C@@H](C(=O)O)[C@@]3(C)CCC12S3)c1c(C)cccc1Cl. The number of rotatable bonds is 9. The van der Waals surface area contributed by atoms with Crippen molar-refractivity contribution in [2.75, 3.05) is 18.1 Å². The van der Waals surface area contributed by atoms with Crippen LogP contribution in [0.1, 0.15) is 30.9 Å². The Hall–Kier alpha value is -2.81. The molecule has 3 aliphatic rings. The predicted octanol–water partition coefficient (Wildman–Crippen LogP) is 4.34. The molecule has 2 aromatic carbocycles. The third-order valence-electron chi connectivity index (χ3n) is 8.67. The van der Waals surface area contributed by atoms with Gasteiger partial charge in [-0.1, -0.05) is 60.1 Å². The van der Waals surface area contributed by atoms with Crippen LogP contribution in [0.25, 0.3) is 0 Å². The fraction of sp³-hybridized carbons (Fsp3) is 0.433. The van der Waals surface area contributed by atoms with Gasteiger partial charge in [0.2, 0.25) is 5.91 Å². The molecule has 2 N–H and O–H groups in total. The van der Waals surface area contributed by atoms with Gasteiger partial charge in [0.25, 0.3) is 5.91 Å². The topological polar surface area (TPSA) is 98.2 Å². The van der Waals surface area contributed by atoms with Crippen LogP contribution in [0.4, 0.5) is 5.69 Å². The Bertz CT molecular complexity index is 1300. The molecule has 9 heteroatoms. The fourth-order valence-electron chi connectivity index (χ4n) is 7.08. The van der Waals surface area contributed by atoms with Gasteiger partial charge in [0, 0.05) is 11.3 Å². The van der Waals surface area contributed by atoms with Gasteiger partial charge in [-0.15, -0.1) is 18.3 Å². The first-order valence-electron chi connectivity index (χ1n) is 13.2. The number of thioether (sulfide) groups is 1. The quantitative estimate of drug-likeness (QED) is 0.437. The van der Waals surface area contributed by atoms with Crippen LogP contribution < -0.4 is 4.90 Å². The monoisotopic (exact) mass is 568 g/mol. The molecule has 0 aromatic heterocycles. The number of likely N-dealkylation sites (tertiary alicyclic amines) is 1. The number of para-hydroxylation sites is 1. The van der Waals surface area contributed by atoms with Crippen LogP contribution in [0.5, 0.6) is 0 Å². The normalized spacial score (nSPS) is 29.8. The van der Waals surface area contributed by atoms with E-state index in [0.29, 0.717) is 30.0 Å². The summed E-state index contributed by atoms with van der Waals surface area (Å²) in [6, 6.07) is 13.2. The van der Waals surface area contributed by atoms with Crippen LogP contribution in [0.3, 0.4) is 0 Å². The summed E-state index contributed by atoms with van der Waals surface area (Å²) < 4.78 is -1.58. The van der Waals surface area contributed by atoms with Crippen LogP contribution in [-0.2, 0) is 20.8 Å². The van der Waals surface area contributed by atoms with E-state index in [1.165, 1.54) is 16.7 Å². The third-order valence-corrected chi connectivity index (χ3v) is 11.0. The maximum absolute atomic E-state index is 14.8. The number of halogens is 1. The minimum atomic E-state index is -1.02. The predicted molar refractivity (Wildman–Crippen MR) is 153 cm³/mol. The third kappa shape index (κ3) is 4.28. The Kier molecular flexibility index (Phi) is 7.33. The number of carbonyl (C=O) groups excluding carboxylic acids is 2. The van der Waals surface area contributed by atoms with Crippen LogP contribution in [-0.4, -0.2) is 67.6 Å². The van der Waals surface area contributed by atoms with Crippen LogP contribution in [0.15, 0.2) is 61.2 Å². The first kappa shape index (κ1) is 27.7. The van der Waals surface area contributed by atoms with Crippen molar-refractivity contribution < 1.29 is 24.6 Å². The van der Waals surface area contributed by atoms with Gasteiger partial charge in [-0.05, 0) is 50.3 Å². The average Bonchev–Trinajstić information content (AvgIpc) is 3.47. The van der Waals surface area contributed by atoms with E-state index in [1.807, 2.05) is 56.3 Å². The maximum Gasteiger partial charge on any atom is 0.308 e. The minimum absolute atomic E-state index is 0.162. The molecule has 39 heavy (non-hydrogen) atoms. The standard InChI is InChI=1S/C30H33ClN2O5S/c1-4-15-32(24-18(2)9-8-12-21(24)31)27(36)25-30-14-13-29(3,39-30)23(28(37)38)22(30)26(35)33(25)20(17-34)16-19-10-6-5-7-11-19/h4-12,20,22-23,25,34H,1,13-17H2,2-3H3,(H,37,38)/t20-,22+,23+,25?,29-,30?/m1/s1. The molecule has 1 spiro atoms. The molecule has 6 atom stereocenters. The number of hydrogen-bond donors (Lipinski definition) is 2. The molecule has 0 aliphatic carbocycles. The van der Waals surface area contributed by atoms with E-state index in [2.05, 4.69) is 6.58 Å². The Morgan fingerprint density at radius 2 is 1.95 bits per heavy atom. The molecule has 2 bridgehead atoms. The van der Waals surface area contributed by atoms with Crippen molar-refractivity contribution in [3.8, 4) is 0 Å². The number of carboxylic acid groups (broad SMARTS) is 1. The van der Waals surface area contributed by atoms with Gasteiger partial charge >= 0.3 is 5.97 Å². The van der Waals surface area contributed by atoms with Gasteiger partial charge in [0.1, 0.15) is 6.04 Å². The lowest BCUT2D eigenvalue weighted by Gasteiger charge is -2.40. The largest absolute Gasteiger partial charge is 0.481 e. The minimum Gasteiger partial charge on any atom is -0.481 e. The van der Waals surface area contributed by atoms with Crippen molar-refractivity contribution in [3.63, 3.8) is 0 Å². The zero-order valence-electron chi connectivity index (χ0n) is 22.0. The Morgan fingerprint density at radius 1 is 1.23 bits per heavy atom. The highest BCUT2D eigenvalue weighted by Gasteiger charge is 2.78. The molecule has 206 valence electrons. The van der Waals surface area contributed by atoms with E-state index in [9.17, 15) is 24.6 Å². The summed E-state index contributed by atoms with van der Waals surface area (Å²) in [5.41, 5.74) is 2.25. The number of benzene rings is 2. The molecular formula is C30H33ClN2O5S. The summed E-state index contributed by atoms with van der Waals surface area (Å²) in [6.45, 7) is 7.42. The number of fused-ring (bicyclic) bond motifs is 1. The Balaban J connectivity index is 1.66. The van der Waals surface area contributed by atoms with Crippen molar-refractivity contribution in [1.82, 2.24) is 4.90 Å². The summed E-state index contributed by atoms with van der Waals surface area (Å²) in [6.07, 6.45) is 3.08. The fourth-order valence-corrected chi connectivity index (χ4v) is 9.74. The van der Waals surface area contributed by atoms with Crippen LogP contribution in [0, 0.1) is 18.8 Å². The lowest BCUT2D eigenvalue weighted by atomic mass is 9.66. The van der Waals surface area contributed by atoms with Crippen molar-refractivity contribution in [2.45, 2.75) is 54.7 Å². The summed E-state index contributed by atoms with van der Waals surface area (Å²) >= 11 is 8.09. The van der Waals surface area contributed by atoms with E-state index >= 15 is 0 Å². The van der Waals surface area contributed by atoms with Crippen LogP contribution >= 0.6 is 23.4 Å². The average molecular weight is 569 g/mol. The molecular weight excluding hydrogens is 536 g/mol. The van der Waals surface area contributed by atoms with E-state index in [4.69, 9.17) is 11.6 Å². The molecule has 7 nitrogen and oxygen atoms in total. The second kappa shape index (κ2) is 10.3. The van der Waals surface area contributed by atoms with Crippen molar-refractivity contribution in [2.24, 2.45) is 11.8 Å². The zero-order valence-corrected chi connectivity index (χ0v) is 23.6. The summed E-state index contributed by atoms with van der Waals surface area (Å²) in [7, 11) is 0. The highest BCUT2D eigenvalue weighted by molar-refractivity contribution is 8.02. The zero-order chi connectivity index (χ0) is 28.1. The number of aliphatic hydroxyl groups excluding tert-OH is 1. The summed E-state index contributed by atoms with van der Waals surface area (Å²) in [4.78, 5) is 44.7.